The fraction of sp³-hybridized carbons (Fsp3) is 0.455. The van der Waals surface area contributed by atoms with Crippen molar-refractivity contribution in [2.75, 3.05) is 0 Å². The highest BCUT2D eigenvalue weighted by molar-refractivity contribution is 9.10. The molecular formula is C11H12BrNO2. The van der Waals surface area contributed by atoms with E-state index in [4.69, 9.17) is 5.11 Å². The number of carboxylic acid groups (broad SMARTS) is 1. The number of aromatic nitrogens is 1. The van der Waals surface area contributed by atoms with Crippen molar-refractivity contribution in [3.05, 3.63) is 28.5 Å². The number of aliphatic carboxylic acids is 1. The van der Waals surface area contributed by atoms with E-state index < -0.39 is 5.97 Å². The van der Waals surface area contributed by atoms with Crippen LogP contribution in [0, 0.1) is 11.3 Å². The van der Waals surface area contributed by atoms with Crippen molar-refractivity contribution in [3.8, 4) is 0 Å². The minimum atomic E-state index is -0.727. The molecule has 1 fully saturated rings. The molecule has 1 heterocycles. The second kappa shape index (κ2) is 3.30. The number of rotatable bonds is 2. The Bertz CT molecular complexity index is 400. The fourth-order valence-corrected chi connectivity index (χ4v) is 2.46. The Kier molecular flexibility index (Phi) is 2.34. The lowest BCUT2D eigenvalue weighted by molar-refractivity contribution is -0.139. The van der Waals surface area contributed by atoms with Crippen molar-refractivity contribution >= 4 is 21.9 Å². The summed E-state index contributed by atoms with van der Waals surface area (Å²) in [6, 6.07) is 3.79. The molecule has 1 aromatic heterocycles. The van der Waals surface area contributed by atoms with Crippen LogP contribution in [0.1, 0.15) is 25.5 Å². The molecule has 80 valence electrons. The average molecular weight is 270 g/mol. The normalized spacial score (nSPS) is 27.4. The van der Waals surface area contributed by atoms with Crippen LogP contribution in [0.5, 0.6) is 0 Å². The van der Waals surface area contributed by atoms with E-state index >= 15 is 0 Å². The molecule has 2 atom stereocenters. The highest BCUT2D eigenvalue weighted by atomic mass is 79.9. The summed E-state index contributed by atoms with van der Waals surface area (Å²) in [6.07, 6.45) is 1.71. The molecule has 1 aliphatic rings. The highest BCUT2D eigenvalue weighted by Gasteiger charge is 2.63. The SMILES string of the molecule is CC1(C)C(C(=O)O)C1c1ccc(Br)cn1. The molecule has 3 nitrogen and oxygen atoms in total. The van der Waals surface area contributed by atoms with Crippen molar-refractivity contribution in [2.45, 2.75) is 19.8 Å². The molecule has 1 aromatic rings. The number of halogens is 1. The molecule has 4 heteroatoms. The van der Waals surface area contributed by atoms with E-state index in [1.807, 2.05) is 26.0 Å². The van der Waals surface area contributed by atoms with Gasteiger partial charge in [-0.2, -0.15) is 0 Å². The number of carboxylic acids is 1. The third-order valence-corrected chi connectivity index (χ3v) is 3.63. The second-order valence-corrected chi connectivity index (χ2v) is 5.43. The summed E-state index contributed by atoms with van der Waals surface area (Å²) in [5.74, 6) is -0.982. The molecule has 0 aliphatic heterocycles. The second-order valence-electron chi connectivity index (χ2n) is 4.52. The van der Waals surface area contributed by atoms with Gasteiger partial charge in [0.15, 0.2) is 0 Å². The zero-order valence-corrected chi connectivity index (χ0v) is 10.2. The lowest BCUT2D eigenvalue weighted by atomic mass is 10.1. The van der Waals surface area contributed by atoms with Gasteiger partial charge >= 0.3 is 5.97 Å². The van der Waals surface area contributed by atoms with Gasteiger partial charge in [-0.3, -0.25) is 9.78 Å². The molecule has 2 rings (SSSR count). The third kappa shape index (κ3) is 1.67. The first-order valence-corrected chi connectivity index (χ1v) is 5.58. The van der Waals surface area contributed by atoms with E-state index in [2.05, 4.69) is 20.9 Å². The molecule has 0 radical (unpaired) electrons. The molecule has 0 aromatic carbocycles. The van der Waals surface area contributed by atoms with Gasteiger partial charge in [-0.05, 0) is 33.5 Å². The largest absolute Gasteiger partial charge is 0.481 e. The van der Waals surface area contributed by atoms with Crippen LogP contribution in [-0.4, -0.2) is 16.1 Å². The number of carbonyl (C=O) groups is 1. The topological polar surface area (TPSA) is 50.2 Å². The summed E-state index contributed by atoms with van der Waals surface area (Å²) in [5.41, 5.74) is 0.697. The van der Waals surface area contributed by atoms with E-state index in [0.29, 0.717) is 0 Å². The monoisotopic (exact) mass is 269 g/mol. The van der Waals surface area contributed by atoms with E-state index in [1.165, 1.54) is 0 Å². The summed E-state index contributed by atoms with van der Waals surface area (Å²) < 4.78 is 0.914. The molecule has 0 spiro atoms. The van der Waals surface area contributed by atoms with Crippen molar-refractivity contribution in [2.24, 2.45) is 11.3 Å². The molecule has 0 amide bonds. The zero-order valence-electron chi connectivity index (χ0n) is 8.57. The van der Waals surface area contributed by atoms with Gasteiger partial charge in [0.2, 0.25) is 0 Å². The van der Waals surface area contributed by atoms with Gasteiger partial charge in [-0.1, -0.05) is 13.8 Å². The number of hydrogen-bond acceptors (Lipinski definition) is 2. The van der Waals surface area contributed by atoms with Gasteiger partial charge in [-0.25, -0.2) is 0 Å². The van der Waals surface area contributed by atoms with Gasteiger partial charge in [-0.15, -0.1) is 0 Å². The summed E-state index contributed by atoms with van der Waals surface area (Å²) in [5, 5.41) is 9.04. The minimum Gasteiger partial charge on any atom is -0.481 e. The maximum atomic E-state index is 11.0. The van der Waals surface area contributed by atoms with Crippen LogP contribution in [-0.2, 0) is 4.79 Å². The number of nitrogens with zero attached hydrogens (tertiary/aromatic N) is 1. The molecular weight excluding hydrogens is 258 g/mol. The number of hydrogen-bond donors (Lipinski definition) is 1. The van der Waals surface area contributed by atoms with Gasteiger partial charge in [0.25, 0.3) is 0 Å². The van der Waals surface area contributed by atoms with E-state index in [1.54, 1.807) is 6.20 Å². The van der Waals surface area contributed by atoms with E-state index in [0.717, 1.165) is 10.2 Å². The number of pyridine rings is 1. The van der Waals surface area contributed by atoms with Crippen LogP contribution < -0.4 is 0 Å². The predicted octanol–water partition coefficient (Wildman–Crippen LogP) is 2.67. The van der Waals surface area contributed by atoms with Crippen LogP contribution in [0.15, 0.2) is 22.8 Å². The van der Waals surface area contributed by atoms with Gasteiger partial charge in [0.05, 0.1) is 5.92 Å². The first-order chi connectivity index (χ1) is 6.94. The quantitative estimate of drug-likeness (QED) is 0.898. The Morgan fingerprint density at radius 3 is 2.60 bits per heavy atom. The van der Waals surface area contributed by atoms with Crippen molar-refractivity contribution in [3.63, 3.8) is 0 Å². The average Bonchev–Trinajstić information content (AvgIpc) is 2.70. The van der Waals surface area contributed by atoms with Gasteiger partial charge < -0.3 is 5.11 Å². The summed E-state index contributed by atoms with van der Waals surface area (Å²) in [4.78, 5) is 15.2. The molecule has 2 unspecified atom stereocenters. The van der Waals surface area contributed by atoms with Gasteiger partial charge in [0, 0.05) is 22.3 Å². The Hall–Kier alpha value is -0.900. The first-order valence-electron chi connectivity index (χ1n) is 4.79. The molecule has 1 aliphatic carbocycles. The Morgan fingerprint density at radius 2 is 2.20 bits per heavy atom. The van der Waals surface area contributed by atoms with Crippen molar-refractivity contribution in [1.29, 1.82) is 0 Å². The lowest BCUT2D eigenvalue weighted by Gasteiger charge is -2.01. The van der Waals surface area contributed by atoms with Gasteiger partial charge in [0.1, 0.15) is 0 Å². The third-order valence-electron chi connectivity index (χ3n) is 3.16. The predicted molar refractivity (Wildman–Crippen MR) is 59.6 cm³/mol. The summed E-state index contributed by atoms with van der Waals surface area (Å²) in [7, 11) is 0. The fourth-order valence-electron chi connectivity index (χ4n) is 2.22. The van der Waals surface area contributed by atoms with Crippen LogP contribution in [0.2, 0.25) is 0 Å². The molecule has 0 saturated heterocycles. The minimum absolute atomic E-state index is 0.0445. The maximum absolute atomic E-state index is 11.0. The maximum Gasteiger partial charge on any atom is 0.307 e. The molecule has 1 N–H and O–H groups in total. The van der Waals surface area contributed by atoms with Crippen LogP contribution >= 0.6 is 15.9 Å². The highest BCUT2D eigenvalue weighted by Crippen LogP contribution is 2.63. The Morgan fingerprint density at radius 1 is 1.53 bits per heavy atom. The van der Waals surface area contributed by atoms with E-state index in [9.17, 15) is 4.79 Å². The lowest BCUT2D eigenvalue weighted by Crippen LogP contribution is -2.03. The van der Waals surface area contributed by atoms with Crippen LogP contribution in [0.4, 0.5) is 0 Å². The van der Waals surface area contributed by atoms with Crippen LogP contribution in [0.25, 0.3) is 0 Å². The van der Waals surface area contributed by atoms with Crippen molar-refractivity contribution in [1.82, 2.24) is 4.98 Å². The van der Waals surface area contributed by atoms with Crippen molar-refractivity contribution < 1.29 is 9.90 Å². The first kappa shape index (κ1) is 10.6. The summed E-state index contributed by atoms with van der Waals surface area (Å²) in [6.45, 7) is 3.94. The molecule has 1 saturated carbocycles. The Balaban J connectivity index is 2.27. The smallest absolute Gasteiger partial charge is 0.307 e. The Labute approximate surface area is 96.7 Å². The molecule has 0 bridgehead atoms. The van der Waals surface area contributed by atoms with E-state index in [-0.39, 0.29) is 17.3 Å². The zero-order chi connectivity index (χ0) is 11.2. The molecule has 15 heavy (non-hydrogen) atoms. The summed E-state index contributed by atoms with van der Waals surface area (Å²) >= 11 is 3.31. The van der Waals surface area contributed by atoms with Crippen LogP contribution in [0.3, 0.4) is 0 Å². The standard InChI is InChI=1S/C11H12BrNO2/c1-11(2)8(9(11)10(14)15)7-4-3-6(12)5-13-7/h3-5,8-9H,1-2H3,(H,14,15).